The quantitative estimate of drug-likeness (QED) is 0.550. The summed E-state index contributed by atoms with van der Waals surface area (Å²) in [5, 5.41) is 3.03. The lowest BCUT2D eigenvalue weighted by Gasteiger charge is -2.37. The first-order valence-electron chi connectivity index (χ1n) is 9.89. The summed E-state index contributed by atoms with van der Waals surface area (Å²) in [4.78, 5) is 21.9. The van der Waals surface area contributed by atoms with E-state index in [2.05, 4.69) is 37.2 Å². The Morgan fingerprint density at radius 2 is 1.93 bits per heavy atom. The van der Waals surface area contributed by atoms with Crippen molar-refractivity contribution in [2.45, 2.75) is 38.6 Å². The zero-order valence-corrected chi connectivity index (χ0v) is 19.5. The molecule has 7 heteroatoms. The number of fused-ring (bicyclic) bond motifs is 1. The highest BCUT2D eigenvalue weighted by molar-refractivity contribution is 7.13. The van der Waals surface area contributed by atoms with Crippen LogP contribution in [0.15, 0.2) is 35.8 Å². The summed E-state index contributed by atoms with van der Waals surface area (Å²) in [6, 6.07) is 8.03. The highest BCUT2D eigenvalue weighted by atomic mass is 32.1. The molecular weight excluding hydrogens is 416 g/mol. The predicted octanol–water partition coefficient (Wildman–Crippen LogP) is 5.31. The summed E-state index contributed by atoms with van der Waals surface area (Å²) in [6.45, 7) is 6.99. The first kappa shape index (κ1) is 20.9. The summed E-state index contributed by atoms with van der Waals surface area (Å²) in [6.07, 6.45) is 2.50. The summed E-state index contributed by atoms with van der Waals surface area (Å²) < 4.78 is 11.1. The van der Waals surface area contributed by atoms with Crippen LogP contribution in [0.5, 0.6) is 11.5 Å². The van der Waals surface area contributed by atoms with Gasteiger partial charge in [-0.2, -0.15) is 0 Å². The molecule has 0 bridgehead atoms. The molecule has 1 amide bonds. The van der Waals surface area contributed by atoms with Gasteiger partial charge in [-0.3, -0.25) is 4.79 Å². The number of methoxy groups -OCH3 is 2. The Balaban J connectivity index is 1.78. The van der Waals surface area contributed by atoms with E-state index < -0.39 is 0 Å². The number of ether oxygens (including phenoxy) is 2. The predicted molar refractivity (Wildman–Crippen MR) is 121 cm³/mol. The van der Waals surface area contributed by atoms with Crippen LogP contribution in [0.2, 0.25) is 0 Å². The Hall–Kier alpha value is -2.38. The Morgan fingerprint density at radius 1 is 1.20 bits per heavy atom. The summed E-state index contributed by atoms with van der Waals surface area (Å²) in [5.41, 5.74) is 2.21. The Morgan fingerprint density at radius 3 is 2.53 bits per heavy atom. The Kier molecular flexibility index (Phi) is 5.59. The second kappa shape index (κ2) is 8.04. The number of thiazole rings is 1. The second-order valence-corrected chi connectivity index (χ2v) is 10.4. The second-order valence-electron chi connectivity index (χ2n) is 8.35. The fraction of sp³-hybridized carbons (Fsp3) is 0.391. The number of aromatic nitrogens is 1. The summed E-state index contributed by atoms with van der Waals surface area (Å²) in [5.74, 6) is 1.43. The maximum atomic E-state index is 13.6. The zero-order chi connectivity index (χ0) is 21.5. The molecular formula is C23H26N2O3S2. The van der Waals surface area contributed by atoms with Crippen molar-refractivity contribution in [2.75, 3.05) is 20.8 Å². The maximum absolute atomic E-state index is 13.6. The van der Waals surface area contributed by atoms with Gasteiger partial charge >= 0.3 is 0 Å². The van der Waals surface area contributed by atoms with E-state index in [-0.39, 0.29) is 17.4 Å². The van der Waals surface area contributed by atoms with Gasteiger partial charge in [0.05, 0.1) is 31.5 Å². The van der Waals surface area contributed by atoms with Crippen LogP contribution in [0.1, 0.15) is 57.5 Å². The van der Waals surface area contributed by atoms with Gasteiger partial charge in [-0.1, -0.05) is 26.8 Å². The molecule has 30 heavy (non-hydrogen) atoms. The molecule has 4 rings (SSSR count). The molecule has 0 saturated carbocycles. The molecule has 158 valence electrons. The minimum atomic E-state index is -0.152. The fourth-order valence-corrected chi connectivity index (χ4v) is 5.56. The monoisotopic (exact) mass is 442 g/mol. The number of carbonyl (C=O) groups excluding carboxylic acids is 1. The van der Waals surface area contributed by atoms with Crippen molar-refractivity contribution in [3.05, 3.63) is 61.7 Å². The van der Waals surface area contributed by atoms with Gasteiger partial charge in [0, 0.05) is 16.8 Å². The number of thiophene rings is 1. The first-order valence-corrected chi connectivity index (χ1v) is 11.6. The molecule has 1 aliphatic rings. The number of rotatable bonds is 4. The third kappa shape index (κ3) is 3.72. The van der Waals surface area contributed by atoms with Crippen LogP contribution in [0, 0.1) is 0 Å². The van der Waals surface area contributed by atoms with Crippen molar-refractivity contribution >= 4 is 28.6 Å². The minimum absolute atomic E-state index is 0.0295. The summed E-state index contributed by atoms with van der Waals surface area (Å²) in [7, 11) is 3.29. The van der Waals surface area contributed by atoms with Gasteiger partial charge in [-0.15, -0.1) is 22.7 Å². The average Bonchev–Trinajstić information content (AvgIpc) is 3.43. The average molecular weight is 443 g/mol. The first-order chi connectivity index (χ1) is 14.3. The lowest BCUT2D eigenvalue weighted by molar-refractivity contribution is 0.0701. The molecule has 5 nitrogen and oxygen atoms in total. The zero-order valence-electron chi connectivity index (χ0n) is 17.9. The maximum Gasteiger partial charge on any atom is 0.266 e. The smallest absolute Gasteiger partial charge is 0.266 e. The van der Waals surface area contributed by atoms with Crippen molar-refractivity contribution in [1.82, 2.24) is 9.88 Å². The van der Waals surface area contributed by atoms with E-state index in [9.17, 15) is 4.79 Å². The van der Waals surface area contributed by atoms with Crippen LogP contribution >= 0.6 is 22.7 Å². The van der Waals surface area contributed by atoms with E-state index in [1.54, 1.807) is 31.8 Å². The van der Waals surface area contributed by atoms with Gasteiger partial charge in [-0.05, 0) is 41.1 Å². The lowest BCUT2D eigenvalue weighted by atomic mass is 9.90. The molecule has 1 unspecified atom stereocenters. The molecule has 3 heterocycles. The molecule has 0 radical (unpaired) electrons. The van der Waals surface area contributed by atoms with Crippen molar-refractivity contribution in [1.29, 1.82) is 0 Å². The molecule has 0 spiro atoms. The number of nitrogens with zero attached hydrogens (tertiary/aromatic N) is 2. The van der Waals surface area contributed by atoms with Gasteiger partial charge in [0.1, 0.15) is 4.88 Å². The van der Waals surface area contributed by atoms with Crippen molar-refractivity contribution in [2.24, 2.45) is 0 Å². The third-order valence-electron chi connectivity index (χ3n) is 5.31. The van der Waals surface area contributed by atoms with E-state index in [1.165, 1.54) is 16.9 Å². The molecule has 1 aromatic carbocycles. The highest BCUT2D eigenvalue weighted by Gasteiger charge is 2.35. The highest BCUT2D eigenvalue weighted by Crippen LogP contribution is 2.43. The largest absolute Gasteiger partial charge is 0.493 e. The van der Waals surface area contributed by atoms with Crippen molar-refractivity contribution < 1.29 is 14.3 Å². The van der Waals surface area contributed by atoms with Crippen LogP contribution in [-0.4, -0.2) is 36.6 Å². The van der Waals surface area contributed by atoms with Gasteiger partial charge in [0.25, 0.3) is 5.91 Å². The topological polar surface area (TPSA) is 51.7 Å². The van der Waals surface area contributed by atoms with Crippen LogP contribution in [0.4, 0.5) is 0 Å². The molecule has 1 aliphatic heterocycles. The number of hydrogen-bond acceptors (Lipinski definition) is 6. The number of benzene rings is 1. The van der Waals surface area contributed by atoms with Gasteiger partial charge in [0.15, 0.2) is 11.5 Å². The van der Waals surface area contributed by atoms with Gasteiger partial charge in [0.2, 0.25) is 0 Å². The van der Waals surface area contributed by atoms with E-state index in [0.29, 0.717) is 17.2 Å². The van der Waals surface area contributed by atoms with E-state index in [4.69, 9.17) is 9.47 Å². The normalized spacial score (nSPS) is 16.3. The van der Waals surface area contributed by atoms with Crippen LogP contribution in [-0.2, 0) is 11.8 Å². The lowest BCUT2D eigenvalue weighted by Crippen LogP contribution is -2.40. The van der Waals surface area contributed by atoms with Crippen LogP contribution < -0.4 is 9.47 Å². The number of carbonyl (C=O) groups is 1. The molecule has 0 N–H and O–H groups in total. The van der Waals surface area contributed by atoms with Gasteiger partial charge in [-0.25, -0.2) is 4.98 Å². The number of hydrogen-bond donors (Lipinski definition) is 0. The van der Waals surface area contributed by atoms with Crippen LogP contribution in [0.25, 0.3) is 0 Å². The summed E-state index contributed by atoms with van der Waals surface area (Å²) >= 11 is 3.16. The molecule has 0 aliphatic carbocycles. The van der Waals surface area contributed by atoms with Gasteiger partial charge < -0.3 is 14.4 Å². The van der Waals surface area contributed by atoms with Crippen molar-refractivity contribution in [3.8, 4) is 11.5 Å². The number of amides is 1. The molecule has 0 fully saturated rings. The fourth-order valence-electron chi connectivity index (χ4n) is 3.78. The molecule has 0 saturated heterocycles. The van der Waals surface area contributed by atoms with E-state index in [1.807, 2.05) is 23.1 Å². The molecule has 3 aromatic rings. The Bertz CT molecular complexity index is 1050. The van der Waals surface area contributed by atoms with E-state index in [0.717, 1.165) is 27.6 Å². The molecule has 1 atom stereocenters. The van der Waals surface area contributed by atoms with E-state index >= 15 is 0 Å². The Labute approximate surface area is 185 Å². The third-order valence-corrected chi connectivity index (χ3v) is 7.64. The van der Waals surface area contributed by atoms with Crippen LogP contribution in [0.3, 0.4) is 0 Å². The minimum Gasteiger partial charge on any atom is -0.493 e. The molecule has 2 aromatic heterocycles. The van der Waals surface area contributed by atoms with Crippen molar-refractivity contribution in [3.63, 3.8) is 0 Å². The standard InChI is InChI=1S/C23H26N2O3S2/c1-23(2,3)22-24-13-19(30-22)21(26)25-9-8-14-11-16(27-4)17(28-5)12-15(14)20(25)18-7-6-10-29-18/h6-7,10-13,20H,8-9H2,1-5H3. The SMILES string of the molecule is COc1cc2c(cc1OC)C(c1cccs1)N(C(=O)c1cnc(C(C)(C)C)s1)CC2.